The summed E-state index contributed by atoms with van der Waals surface area (Å²) in [7, 11) is 0. The molecule has 1 fully saturated rings. The summed E-state index contributed by atoms with van der Waals surface area (Å²) in [6.45, 7) is 0. The van der Waals surface area contributed by atoms with Gasteiger partial charge in [-0.15, -0.1) is 0 Å². The van der Waals surface area contributed by atoms with Gasteiger partial charge in [0.25, 0.3) is 0 Å². The normalized spacial score (nSPS) is 25.5. The molecule has 1 saturated carbocycles. The SMILES string of the molecule is O=C1c2ccccc2CCCC1C1CCCCCC1. The summed E-state index contributed by atoms with van der Waals surface area (Å²) >= 11 is 0. The molecule has 102 valence electrons. The third-order valence-corrected chi connectivity index (χ3v) is 5.05. The summed E-state index contributed by atoms with van der Waals surface area (Å²) in [4.78, 5) is 12.8. The molecule has 0 aromatic heterocycles. The van der Waals surface area contributed by atoms with Crippen molar-refractivity contribution in [1.82, 2.24) is 0 Å². The second-order valence-electron chi connectivity index (χ2n) is 6.27. The molecular weight excluding hydrogens is 232 g/mol. The smallest absolute Gasteiger partial charge is 0.166 e. The Morgan fingerprint density at radius 1 is 0.842 bits per heavy atom. The number of Topliss-reactive ketones (excluding diaryl/α,β-unsaturated/α-hetero) is 1. The van der Waals surface area contributed by atoms with Crippen LogP contribution in [0.3, 0.4) is 0 Å². The highest BCUT2D eigenvalue weighted by atomic mass is 16.1. The highest BCUT2D eigenvalue weighted by Crippen LogP contribution is 2.36. The first-order valence-electron chi connectivity index (χ1n) is 7.98. The van der Waals surface area contributed by atoms with Gasteiger partial charge in [-0.3, -0.25) is 4.79 Å². The molecule has 1 aromatic carbocycles. The van der Waals surface area contributed by atoms with E-state index in [-0.39, 0.29) is 0 Å². The number of benzene rings is 1. The predicted octanol–water partition coefficient (Wildman–Crippen LogP) is 4.79. The standard InChI is InChI=1S/C18H24O/c19-18-16-12-6-5-10-15(16)11-7-13-17(18)14-8-3-1-2-4-9-14/h5-6,10,12,14,17H,1-4,7-9,11,13H2. The Morgan fingerprint density at radius 2 is 1.58 bits per heavy atom. The van der Waals surface area contributed by atoms with E-state index in [9.17, 15) is 4.79 Å². The zero-order valence-electron chi connectivity index (χ0n) is 11.7. The first-order valence-corrected chi connectivity index (χ1v) is 7.98. The van der Waals surface area contributed by atoms with Crippen LogP contribution in [0.2, 0.25) is 0 Å². The molecule has 0 heterocycles. The molecule has 0 radical (unpaired) electrons. The van der Waals surface area contributed by atoms with E-state index in [0.717, 1.165) is 18.4 Å². The zero-order chi connectivity index (χ0) is 13.1. The van der Waals surface area contributed by atoms with Gasteiger partial charge in [0, 0.05) is 11.5 Å². The number of aryl methyl sites for hydroxylation is 1. The van der Waals surface area contributed by atoms with E-state index < -0.39 is 0 Å². The molecule has 0 N–H and O–H groups in total. The van der Waals surface area contributed by atoms with Gasteiger partial charge in [0.1, 0.15) is 0 Å². The number of fused-ring (bicyclic) bond motifs is 1. The van der Waals surface area contributed by atoms with Gasteiger partial charge in [0.2, 0.25) is 0 Å². The largest absolute Gasteiger partial charge is 0.294 e. The van der Waals surface area contributed by atoms with Crippen LogP contribution in [0.25, 0.3) is 0 Å². The number of carbonyl (C=O) groups excluding carboxylic acids is 1. The molecule has 0 amide bonds. The molecular formula is C18H24O. The molecule has 1 heteroatoms. The second-order valence-corrected chi connectivity index (χ2v) is 6.27. The van der Waals surface area contributed by atoms with Crippen molar-refractivity contribution < 1.29 is 4.79 Å². The Bertz CT molecular complexity index is 441. The molecule has 1 nitrogen and oxygen atoms in total. The van der Waals surface area contributed by atoms with Crippen LogP contribution >= 0.6 is 0 Å². The topological polar surface area (TPSA) is 17.1 Å². The van der Waals surface area contributed by atoms with Crippen LogP contribution in [0.5, 0.6) is 0 Å². The quantitative estimate of drug-likeness (QED) is 0.521. The van der Waals surface area contributed by atoms with E-state index in [1.165, 1.54) is 50.5 Å². The minimum Gasteiger partial charge on any atom is -0.294 e. The maximum absolute atomic E-state index is 12.8. The Balaban J connectivity index is 1.84. The van der Waals surface area contributed by atoms with Crippen molar-refractivity contribution in [2.24, 2.45) is 11.8 Å². The third kappa shape index (κ3) is 2.75. The number of hydrogen-bond donors (Lipinski definition) is 0. The summed E-state index contributed by atoms with van der Waals surface area (Å²) in [5.74, 6) is 1.41. The van der Waals surface area contributed by atoms with Crippen molar-refractivity contribution in [2.45, 2.75) is 57.8 Å². The molecule has 1 aromatic rings. The molecule has 0 aliphatic heterocycles. The molecule has 0 bridgehead atoms. The van der Waals surface area contributed by atoms with Crippen molar-refractivity contribution >= 4 is 5.78 Å². The zero-order valence-corrected chi connectivity index (χ0v) is 11.7. The van der Waals surface area contributed by atoms with E-state index in [1.54, 1.807) is 0 Å². The van der Waals surface area contributed by atoms with Crippen molar-refractivity contribution in [3.05, 3.63) is 35.4 Å². The van der Waals surface area contributed by atoms with Gasteiger partial charge in [0.15, 0.2) is 5.78 Å². The second kappa shape index (κ2) is 5.90. The third-order valence-electron chi connectivity index (χ3n) is 5.05. The van der Waals surface area contributed by atoms with Crippen LogP contribution in [-0.4, -0.2) is 5.78 Å². The lowest BCUT2D eigenvalue weighted by molar-refractivity contribution is 0.0854. The molecule has 3 rings (SSSR count). The summed E-state index contributed by atoms with van der Waals surface area (Å²) in [5, 5.41) is 0. The predicted molar refractivity (Wildman–Crippen MR) is 78.4 cm³/mol. The monoisotopic (exact) mass is 256 g/mol. The highest BCUT2D eigenvalue weighted by Gasteiger charge is 2.31. The number of carbonyl (C=O) groups is 1. The Morgan fingerprint density at radius 3 is 2.37 bits per heavy atom. The van der Waals surface area contributed by atoms with Crippen LogP contribution in [0.1, 0.15) is 67.3 Å². The minimum atomic E-state index is 0.307. The molecule has 1 unspecified atom stereocenters. The van der Waals surface area contributed by atoms with Crippen molar-refractivity contribution in [2.75, 3.05) is 0 Å². The summed E-state index contributed by atoms with van der Waals surface area (Å²) < 4.78 is 0. The fourth-order valence-corrected chi connectivity index (χ4v) is 3.99. The molecule has 1 atom stereocenters. The lowest BCUT2D eigenvalue weighted by Gasteiger charge is -2.24. The van der Waals surface area contributed by atoms with Crippen LogP contribution in [0.15, 0.2) is 24.3 Å². The maximum atomic E-state index is 12.8. The summed E-state index contributed by atoms with van der Waals surface area (Å²) in [6, 6.07) is 8.28. The van der Waals surface area contributed by atoms with E-state index in [0.29, 0.717) is 17.6 Å². The van der Waals surface area contributed by atoms with Crippen molar-refractivity contribution in [3.63, 3.8) is 0 Å². The summed E-state index contributed by atoms with van der Waals surface area (Å²) in [6.07, 6.45) is 11.3. The van der Waals surface area contributed by atoms with Crippen LogP contribution < -0.4 is 0 Å². The highest BCUT2D eigenvalue weighted by molar-refractivity contribution is 5.99. The van der Waals surface area contributed by atoms with Gasteiger partial charge in [0.05, 0.1) is 0 Å². The van der Waals surface area contributed by atoms with E-state index in [2.05, 4.69) is 12.1 Å². The molecule has 0 saturated heterocycles. The van der Waals surface area contributed by atoms with Crippen molar-refractivity contribution in [1.29, 1.82) is 0 Å². The molecule has 2 aliphatic rings. The fraction of sp³-hybridized carbons (Fsp3) is 0.611. The summed E-state index contributed by atoms with van der Waals surface area (Å²) in [5.41, 5.74) is 2.30. The minimum absolute atomic E-state index is 0.307. The number of rotatable bonds is 1. The van der Waals surface area contributed by atoms with Gasteiger partial charge < -0.3 is 0 Å². The van der Waals surface area contributed by atoms with E-state index in [4.69, 9.17) is 0 Å². The van der Waals surface area contributed by atoms with E-state index in [1.807, 2.05) is 12.1 Å². The van der Waals surface area contributed by atoms with Crippen LogP contribution in [0.4, 0.5) is 0 Å². The average Bonchev–Trinajstić information content (AvgIpc) is 2.79. The van der Waals surface area contributed by atoms with Gasteiger partial charge in [-0.1, -0.05) is 49.9 Å². The molecule has 19 heavy (non-hydrogen) atoms. The Labute approximate surface area is 116 Å². The van der Waals surface area contributed by atoms with E-state index >= 15 is 0 Å². The maximum Gasteiger partial charge on any atom is 0.166 e. The van der Waals surface area contributed by atoms with Crippen molar-refractivity contribution in [3.8, 4) is 0 Å². The Hall–Kier alpha value is -1.11. The Kier molecular flexibility index (Phi) is 4.00. The fourth-order valence-electron chi connectivity index (χ4n) is 3.99. The lowest BCUT2D eigenvalue weighted by Crippen LogP contribution is -2.23. The lowest BCUT2D eigenvalue weighted by atomic mass is 9.79. The van der Waals surface area contributed by atoms with Gasteiger partial charge in [-0.25, -0.2) is 0 Å². The van der Waals surface area contributed by atoms with Gasteiger partial charge in [-0.05, 0) is 43.6 Å². The van der Waals surface area contributed by atoms with Gasteiger partial charge >= 0.3 is 0 Å². The number of ketones is 1. The molecule has 0 spiro atoms. The average molecular weight is 256 g/mol. The first-order chi connectivity index (χ1) is 9.36. The number of hydrogen-bond acceptors (Lipinski definition) is 1. The first kappa shape index (κ1) is 12.9. The van der Waals surface area contributed by atoms with Crippen LogP contribution in [0, 0.1) is 11.8 Å². The van der Waals surface area contributed by atoms with Gasteiger partial charge in [-0.2, -0.15) is 0 Å². The van der Waals surface area contributed by atoms with Crippen LogP contribution in [-0.2, 0) is 6.42 Å². The molecule has 2 aliphatic carbocycles.